The number of hydrogen-bond acceptors (Lipinski definition) is 5. The van der Waals surface area contributed by atoms with Crippen LogP contribution in [0.15, 0.2) is 33.0 Å². The van der Waals surface area contributed by atoms with Crippen molar-refractivity contribution in [2.24, 2.45) is 0 Å². The second-order valence-corrected chi connectivity index (χ2v) is 5.34. The van der Waals surface area contributed by atoms with Gasteiger partial charge >= 0.3 is 0 Å². The van der Waals surface area contributed by atoms with Gasteiger partial charge in [0.25, 0.3) is 5.22 Å². The van der Waals surface area contributed by atoms with Crippen LogP contribution in [0.2, 0.25) is 0 Å². The van der Waals surface area contributed by atoms with E-state index in [2.05, 4.69) is 35.2 Å². The highest BCUT2D eigenvalue weighted by Gasteiger charge is 2.14. The highest BCUT2D eigenvalue weighted by atomic mass is 32.2. The molecule has 19 heavy (non-hydrogen) atoms. The average Bonchev–Trinajstić information content (AvgIpc) is 2.69. The number of nitrogens with one attached hydrogen (secondary N) is 1. The first-order chi connectivity index (χ1) is 9.11. The topological polar surface area (TPSA) is 51.0 Å². The molecule has 1 atom stereocenters. The maximum Gasteiger partial charge on any atom is 0.262 e. The maximum atomic E-state index is 5.60. The lowest BCUT2D eigenvalue weighted by molar-refractivity contribution is 0.430. The van der Waals surface area contributed by atoms with Crippen LogP contribution >= 0.6 is 11.8 Å². The summed E-state index contributed by atoms with van der Waals surface area (Å²) in [7, 11) is 0. The first kappa shape index (κ1) is 14.1. The largest absolute Gasteiger partial charge is 0.436 e. The van der Waals surface area contributed by atoms with E-state index in [0.717, 1.165) is 23.0 Å². The van der Waals surface area contributed by atoms with Gasteiger partial charge in [-0.05, 0) is 45.1 Å². The highest BCUT2D eigenvalue weighted by Crippen LogP contribution is 2.31. The summed E-state index contributed by atoms with van der Waals surface area (Å²) < 4.78 is 5.60. The Kier molecular flexibility index (Phi) is 4.61. The number of aromatic nitrogens is 2. The quantitative estimate of drug-likeness (QED) is 0.906. The minimum atomic E-state index is 0.262. The van der Waals surface area contributed by atoms with Crippen molar-refractivity contribution >= 4 is 11.8 Å². The lowest BCUT2D eigenvalue weighted by Crippen LogP contribution is -2.18. The molecule has 2 aromatic rings. The summed E-state index contributed by atoms with van der Waals surface area (Å²) in [6, 6.07) is 4.31. The molecule has 0 spiro atoms. The van der Waals surface area contributed by atoms with E-state index < -0.39 is 0 Å². The van der Waals surface area contributed by atoms with Gasteiger partial charge in [0.1, 0.15) is 10.8 Å². The van der Waals surface area contributed by atoms with Gasteiger partial charge in [0.2, 0.25) is 0 Å². The van der Waals surface area contributed by atoms with E-state index in [1.54, 1.807) is 6.20 Å². The highest BCUT2D eigenvalue weighted by molar-refractivity contribution is 7.99. The summed E-state index contributed by atoms with van der Waals surface area (Å²) in [5, 5.41) is 4.99. The first-order valence-corrected chi connectivity index (χ1v) is 7.23. The molecule has 0 aliphatic carbocycles. The van der Waals surface area contributed by atoms with Crippen molar-refractivity contribution < 1.29 is 4.42 Å². The molecule has 4 nitrogen and oxygen atoms in total. The molecule has 1 unspecified atom stereocenters. The van der Waals surface area contributed by atoms with E-state index in [0.29, 0.717) is 5.22 Å². The Labute approximate surface area is 118 Å². The van der Waals surface area contributed by atoms with Crippen LogP contribution in [0.3, 0.4) is 0 Å². The molecule has 0 amide bonds. The summed E-state index contributed by atoms with van der Waals surface area (Å²) >= 11 is 1.47. The molecule has 0 saturated carbocycles. The molecule has 2 heterocycles. The SMILES string of the molecule is CCNC(C)c1cccnc1Sc1nc(C)c(C)o1. The predicted molar refractivity (Wildman–Crippen MR) is 76.4 cm³/mol. The molecule has 1 N–H and O–H groups in total. The Bertz CT molecular complexity index is 534. The summed E-state index contributed by atoms with van der Waals surface area (Å²) in [5.41, 5.74) is 2.10. The second-order valence-electron chi connectivity index (χ2n) is 4.40. The monoisotopic (exact) mass is 277 g/mol. The van der Waals surface area contributed by atoms with Gasteiger partial charge in [-0.2, -0.15) is 0 Å². The molecule has 5 heteroatoms. The fourth-order valence-corrected chi connectivity index (χ4v) is 2.79. The van der Waals surface area contributed by atoms with Crippen molar-refractivity contribution in [1.29, 1.82) is 0 Å². The summed E-state index contributed by atoms with van der Waals surface area (Å²) in [4.78, 5) is 8.83. The maximum absolute atomic E-state index is 5.60. The lowest BCUT2D eigenvalue weighted by atomic mass is 10.1. The molecule has 0 aliphatic rings. The van der Waals surface area contributed by atoms with Gasteiger partial charge in [-0.15, -0.1) is 0 Å². The van der Waals surface area contributed by atoms with Gasteiger partial charge in [-0.25, -0.2) is 9.97 Å². The van der Waals surface area contributed by atoms with Gasteiger partial charge in [-0.3, -0.25) is 0 Å². The molecule has 0 fully saturated rings. The molecule has 0 radical (unpaired) electrons. The molecule has 102 valence electrons. The molecular weight excluding hydrogens is 258 g/mol. The number of oxazole rings is 1. The van der Waals surface area contributed by atoms with Crippen LogP contribution in [0, 0.1) is 13.8 Å². The Hall–Kier alpha value is -1.33. The van der Waals surface area contributed by atoms with E-state index in [9.17, 15) is 0 Å². The summed E-state index contributed by atoms with van der Waals surface area (Å²) in [6.45, 7) is 9.03. The van der Waals surface area contributed by atoms with Crippen LogP contribution < -0.4 is 5.32 Å². The van der Waals surface area contributed by atoms with Crippen molar-refractivity contribution in [3.8, 4) is 0 Å². The van der Waals surface area contributed by atoms with E-state index in [1.165, 1.54) is 17.3 Å². The average molecular weight is 277 g/mol. The van der Waals surface area contributed by atoms with Crippen LogP contribution in [0.25, 0.3) is 0 Å². The van der Waals surface area contributed by atoms with Crippen LogP contribution in [0.5, 0.6) is 0 Å². The Balaban J connectivity index is 2.24. The summed E-state index contributed by atoms with van der Waals surface area (Å²) in [6.07, 6.45) is 1.80. The van der Waals surface area contributed by atoms with Crippen molar-refractivity contribution in [1.82, 2.24) is 15.3 Å². The van der Waals surface area contributed by atoms with Crippen molar-refractivity contribution in [2.75, 3.05) is 6.54 Å². The van der Waals surface area contributed by atoms with Gasteiger partial charge in [0.15, 0.2) is 0 Å². The molecule has 0 aromatic carbocycles. The number of aryl methyl sites for hydroxylation is 2. The zero-order valence-electron chi connectivity index (χ0n) is 11.7. The van der Waals surface area contributed by atoms with Crippen LogP contribution in [-0.2, 0) is 0 Å². The van der Waals surface area contributed by atoms with E-state index in [1.807, 2.05) is 19.9 Å². The van der Waals surface area contributed by atoms with Gasteiger partial charge in [0, 0.05) is 17.8 Å². The van der Waals surface area contributed by atoms with Gasteiger partial charge in [0.05, 0.1) is 5.69 Å². The Morgan fingerprint density at radius 3 is 2.84 bits per heavy atom. The van der Waals surface area contributed by atoms with Crippen molar-refractivity contribution in [3.63, 3.8) is 0 Å². The minimum absolute atomic E-state index is 0.262. The minimum Gasteiger partial charge on any atom is -0.436 e. The predicted octanol–water partition coefficient (Wildman–Crippen LogP) is 3.51. The molecule has 2 rings (SSSR count). The molecule has 0 bridgehead atoms. The molecule has 2 aromatic heterocycles. The normalized spacial score (nSPS) is 12.6. The van der Waals surface area contributed by atoms with E-state index in [-0.39, 0.29) is 6.04 Å². The van der Waals surface area contributed by atoms with Crippen molar-refractivity contribution in [2.45, 2.75) is 44.0 Å². The number of rotatable bonds is 5. The first-order valence-electron chi connectivity index (χ1n) is 6.42. The van der Waals surface area contributed by atoms with E-state index in [4.69, 9.17) is 4.42 Å². The molecular formula is C14H19N3OS. The molecule has 0 saturated heterocycles. The van der Waals surface area contributed by atoms with Crippen molar-refractivity contribution in [3.05, 3.63) is 35.3 Å². The van der Waals surface area contributed by atoms with Gasteiger partial charge in [-0.1, -0.05) is 13.0 Å². The third-order valence-corrected chi connectivity index (χ3v) is 3.85. The standard InChI is InChI=1S/C14H19N3OS/c1-5-15-10(3)12-7-6-8-16-13(12)19-14-17-9(2)11(4)18-14/h6-8,10,15H,5H2,1-4H3. The van der Waals surface area contributed by atoms with Crippen LogP contribution in [-0.4, -0.2) is 16.5 Å². The number of nitrogens with zero attached hydrogens (tertiary/aromatic N) is 2. The lowest BCUT2D eigenvalue weighted by Gasteiger charge is -2.14. The Morgan fingerprint density at radius 1 is 1.42 bits per heavy atom. The summed E-state index contributed by atoms with van der Waals surface area (Å²) in [5.74, 6) is 0.861. The smallest absolute Gasteiger partial charge is 0.262 e. The van der Waals surface area contributed by atoms with Crippen LogP contribution in [0.1, 0.15) is 36.9 Å². The Morgan fingerprint density at radius 2 is 2.21 bits per heavy atom. The zero-order valence-corrected chi connectivity index (χ0v) is 12.5. The van der Waals surface area contributed by atoms with E-state index >= 15 is 0 Å². The van der Waals surface area contributed by atoms with Crippen LogP contribution in [0.4, 0.5) is 0 Å². The number of pyridine rings is 1. The fraction of sp³-hybridized carbons (Fsp3) is 0.429. The van der Waals surface area contributed by atoms with Gasteiger partial charge < -0.3 is 9.73 Å². The number of hydrogen-bond donors (Lipinski definition) is 1. The fourth-order valence-electron chi connectivity index (χ4n) is 1.80. The second kappa shape index (κ2) is 6.21. The molecule has 0 aliphatic heterocycles. The third kappa shape index (κ3) is 3.36. The third-order valence-electron chi connectivity index (χ3n) is 2.97. The zero-order chi connectivity index (χ0) is 13.8.